The maximum atomic E-state index is 6.50. The monoisotopic (exact) mass is 416 g/mol. The molecule has 6 heteroatoms. The summed E-state index contributed by atoms with van der Waals surface area (Å²) >= 11 is 26.0. The summed E-state index contributed by atoms with van der Waals surface area (Å²) in [6.45, 7) is -5.30. The molecule has 0 nitrogen and oxygen atoms in total. The third kappa shape index (κ3) is 7.29. The normalized spacial score (nSPS) is 13.0. The van der Waals surface area contributed by atoms with Crippen LogP contribution in [0.2, 0.25) is 5.67 Å². The predicted octanol–water partition coefficient (Wildman–Crippen LogP) is 6.87. The molecule has 0 fully saturated rings. The van der Waals surface area contributed by atoms with E-state index in [0.29, 0.717) is 5.67 Å². The van der Waals surface area contributed by atoms with E-state index in [1.165, 1.54) is 0 Å². The van der Waals surface area contributed by atoms with Crippen molar-refractivity contribution in [1.29, 1.82) is 0 Å². The van der Waals surface area contributed by atoms with Crippen LogP contribution in [0.4, 0.5) is 0 Å². The summed E-state index contributed by atoms with van der Waals surface area (Å²) in [5.41, 5.74) is 6.30. The zero-order valence-corrected chi connectivity index (χ0v) is 17.3. The fourth-order valence-electron chi connectivity index (χ4n) is 2.00. The molecule has 0 atom stereocenters. The average molecular weight is 418 g/mol. The second kappa shape index (κ2) is 8.56. The Hall–Kier alpha value is -0.486. The maximum Gasteiger partial charge on any atom is 0.274 e. The molecule has 2 aromatic rings. The molecule has 0 spiro atoms. The molecule has 0 N–H and O–H groups in total. The van der Waals surface area contributed by atoms with Gasteiger partial charge in [0.05, 0.1) is 0 Å². The molecular weight excluding hydrogens is 402 g/mol. The van der Waals surface area contributed by atoms with Crippen LogP contribution < -0.4 is 0 Å². The minimum absolute atomic E-state index is 0.443. The van der Waals surface area contributed by atoms with E-state index in [9.17, 15) is 0 Å². The quantitative estimate of drug-likeness (QED) is 0.355. The van der Waals surface area contributed by atoms with Gasteiger partial charge in [0.25, 0.3) is 13.4 Å². The van der Waals surface area contributed by atoms with Crippen LogP contribution in [0.1, 0.15) is 11.1 Å². The Morgan fingerprint density at radius 2 is 0.957 bits per heavy atom. The molecule has 0 saturated heterocycles. The Labute approximate surface area is 158 Å². The van der Waals surface area contributed by atoms with E-state index >= 15 is 0 Å². The molecule has 23 heavy (non-hydrogen) atoms. The van der Waals surface area contributed by atoms with Crippen LogP contribution in [-0.2, 0) is 0 Å². The lowest BCUT2D eigenvalue weighted by atomic mass is 10.2. The smallest absolute Gasteiger partial charge is 0.141 e. The lowest BCUT2D eigenvalue weighted by molar-refractivity contribution is 1.66. The van der Waals surface area contributed by atoms with Crippen molar-refractivity contribution in [2.75, 3.05) is 0 Å². The van der Waals surface area contributed by atoms with Crippen molar-refractivity contribution in [3.8, 4) is 0 Å². The van der Waals surface area contributed by atoms with Crippen molar-refractivity contribution >= 4 is 69.9 Å². The minimum Gasteiger partial charge on any atom is -0.141 e. The van der Waals surface area contributed by atoms with Crippen LogP contribution in [0.3, 0.4) is 0 Å². The van der Waals surface area contributed by atoms with Gasteiger partial charge < -0.3 is 0 Å². The van der Waals surface area contributed by atoms with Crippen LogP contribution in [-0.4, -0.2) is 13.4 Å². The van der Waals surface area contributed by atoms with Gasteiger partial charge in [0.15, 0.2) is 0 Å². The Morgan fingerprint density at radius 3 is 1.30 bits per heavy atom. The molecule has 0 bridgehead atoms. The molecule has 0 unspecified atom stereocenters. The van der Waals surface area contributed by atoms with Crippen LogP contribution in [0.15, 0.2) is 72.1 Å². The summed E-state index contributed by atoms with van der Waals surface area (Å²) in [4.78, 5) is 0. The second-order valence-electron chi connectivity index (χ2n) is 5.19. The van der Waals surface area contributed by atoms with Crippen LogP contribution in [0.25, 0.3) is 12.2 Å². The summed E-state index contributed by atoms with van der Waals surface area (Å²) < 4.78 is 0. The van der Waals surface area contributed by atoms with E-state index in [-0.39, 0.29) is 0 Å². The van der Waals surface area contributed by atoms with E-state index in [2.05, 4.69) is 0 Å². The largest absolute Gasteiger partial charge is 0.274 e. The van der Waals surface area contributed by atoms with Crippen molar-refractivity contribution in [3.05, 3.63) is 83.2 Å². The molecule has 0 aliphatic rings. The van der Waals surface area contributed by atoms with Crippen LogP contribution in [0.5, 0.6) is 0 Å². The third-order valence-corrected chi connectivity index (χ3v) is 14.5. The molecular formula is C17H16Cl4Si2. The number of benzene rings is 2. The molecule has 0 aliphatic carbocycles. The lowest BCUT2D eigenvalue weighted by Gasteiger charge is -2.18. The van der Waals surface area contributed by atoms with Gasteiger partial charge in [-0.2, -0.15) is 0 Å². The number of halogens is 4. The number of rotatable bonds is 6. The van der Waals surface area contributed by atoms with Crippen molar-refractivity contribution in [2.24, 2.45) is 0 Å². The maximum absolute atomic E-state index is 6.50. The van der Waals surface area contributed by atoms with E-state index in [1.807, 2.05) is 84.2 Å². The van der Waals surface area contributed by atoms with Gasteiger partial charge in [-0.1, -0.05) is 84.2 Å². The summed E-state index contributed by atoms with van der Waals surface area (Å²) in [5.74, 6) is 0. The first-order valence-electron chi connectivity index (χ1n) is 7.11. The van der Waals surface area contributed by atoms with Crippen molar-refractivity contribution < 1.29 is 0 Å². The highest BCUT2D eigenvalue weighted by Gasteiger charge is 2.38. The molecule has 120 valence electrons. The molecule has 2 aromatic carbocycles. The first kappa shape index (κ1) is 18.8. The summed E-state index contributed by atoms with van der Waals surface area (Å²) in [7, 11) is 0. The minimum atomic E-state index is -2.65. The van der Waals surface area contributed by atoms with Crippen molar-refractivity contribution in [1.82, 2.24) is 0 Å². The van der Waals surface area contributed by atoms with Gasteiger partial charge in [-0.05, 0) is 16.8 Å². The molecule has 0 saturated carbocycles. The Bertz CT molecular complexity index is 608. The zero-order chi connectivity index (χ0) is 16.8. The van der Waals surface area contributed by atoms with Gasteiger partial charge in [-0.3, -0.25) is 0 Å². The van der Waals surface area contributed by atoms with E-state index in [4.69, 9.17) is 44.3 Å². The van der Waals surface area contributed by atoms with E-state index in [0.717, 1.165) is 11.1 Å². The van der Waals surface area contributed by atoms with Gasteiger partial charge in [0.1, 0.15) is 0 Å². The van der Waals surface area contributed by atoms with Crippen molar-refractivity contribution in [3.63, 3.8) is 0 Å². The fourth-order valence-corrected chi connectivity index (χ4v) is 17.1. The molecule has 0 heterocycles. The standard InChI is InChI=1S/C17H16Cl4Si2/c18-22(19,13-11-16-7-3-1-4-8-16)15-23(20,21)14-12-17-9-5-2-6-10-17/h1-14H,15H2/b13-11+,14-12+. The van der Waals surface area contributed by atoms with Gasteiger partial charge in [-0.15, -0.1) is 44.3 Å². The highest BCUT2D eigenvalue weighted by atomic mass is 35.7. The first-order chi connectivity index (χ1) is 10.9. The van der Waals surface area contributed by atoms with Gasteiger partial charge in [-0.25, -0.2) is 0 Å². The highest BCUT2D eigenvalue weighted by Crippen LogP contribution is 2.34. The predicted molar refractivity (Wildman–Crippen MR) is 111 cm³/mol. The van der Waals surface area contributed by atoms with Crippen molar-refractivity contribution in [2.45, 2.75) is 5.67 Å². The molecule has 0 radical (unpaired) electrons. The van der Waals surface area contributed by atoms with Crippen LogP contribution >= 0.6 is 44.3 Å². The Balaban J connectivity index is 2.03. The lowest BCUT2D eigenvalue weighted by Crippen LogP contribution is -2.30. The van der Waals surface area contributed by atoms with Gasteiger partial charge >= 0.3 is 0 Å². The summed E-state index contributed by atoms with van der Waals surface area (Å²) in [5, 5.41) is 0. The third-order valence-electron chi connectivity index (χ3n) is 3.11. The highest BCUT2D eigenvalue weighted by molar-refractivity contribution is 7.58. The molecule has 0 aromatic heterocycles. The second-order valence-corrected chi connectivity index (χ2v) is 19.6. The topological polar surface area (TPSA) is 0 Å². The molecule has 2 rings (SSSR count). The fraction of sp³-hybridized carbons (Fsp3) is 0.0588. The number of hydrogen-bond donors (Lipinski definition) is 0. The van der Waals surface area contributed by atoms with Gasteiger partial charge in [0, 0.05) is 0 Å². The summed E-state index contributed by atoms with van der Waals surface area (Å²) in [6.07, 6.45) is 3.87. The molecule has 0 aliphatic heterocycles. The SMILES string of the molecule is Cl[Si](Cl)(/C=C/c1ccccc1)C[Si](Cl)(Cl)/C=C/c1ccccc1. The first-order valence-corrected chi connectivity index (χ1v) is 15.7. The zero-order valence-electron chi connectivity index (χ0n) is 12.3. The summed E-state index contributed by atoms with van der Waals surface area (Å²) in [6, 6.07) is 19.8. The van der Waals surface area contributed by atoms with Crippen LogP contribution in [0, 0.1) is 0 Å². The van der Waals surface area contributed by atoms with E-state index in [1.54, 1.807) is 0 Å². The average Bonchev–Trinajstić information content (AvgIpc) is 2.52. The Morgan fingerprint density at radius 1 is 0.609 bits per heavy atom. The molecule has 0 amide bonds. The number of hydrogen-bond acceptors (Lipinski definition) is 0. The Kier molecular flexibility index (Phi) is 7.02. The van der Waals surface area contributed by atoms with Gasteiger partial charge in [0.2, 0.25) is 0 Å². The van der Waals surface area contributed by atoms with E-state index < -0.39 is 13.4 Å².